The summed E-state index contributed by atoms with van der Waals surface area (Å²) in [5.74, 6) is -1.54. The predicted octanol–water partition coefficient (Wildman–Crippen LogP) is 4.22. The molecule has 0 bridgehead atoms. The Morgan fingerprint density at radius 3 is 1.61 bits per heavy atom. The molecule has 0 spiro atoms. The van der Waals surface area contributed by atoms with Gasteiger partial charge in [-0.05, 0) is 78.6 Å². The Bertz CT molecular complexity index is 506. The SMILES string of the molecule is C[Si](C)(C)OC[C@@]1(O)OC[C@@H](O[Si](C)(C)C)[C@@H](O[Si](C)(C)C)[C@@H]1O[Si](C)(C)C. The zero-order valence-corrected chi connectivity index (χ0v) is 24.1. The van der Waals surface area contributed by atoms with E-state index in [0.717, 1.165) is 0 Å². The molecule has 10 heteroatoms. The zero-order chi connectivity index (χ0) is 22.2. The summed E-state index contributed by atoms with van der Waals surface area (Å²) in [6.45, 7) is 25.9. The van der Waals surface area contributed by atoms with E-state index in [2.05, 4.69) is 78.6 Å². The van der Waals surface area contributed by atoms with E-state index in [0.29, 0.717) is 0 Å². The van der Waals surface area contributed by atoms with Crippen molar-refractivity contribution < 1.29 is 27.5 Å². The molecule has 0 aromatic rings. The Morgan fingerprint density at radius 2 is 1.21 bits per heavy atom. The molecule has 0 aromatic heterocycles. The number of ether oxygens (including phenoxy) is 1. The van der Waals surface area contributed by atoms with Crippen LogP contribution >= 0.6 is 0 Å². The highest BCUT2D eigenvalue weighted by atomic mass is 28.4. The van der Waals surface area contributed by atoms with Gasteiger partial charge in [0, 0.05) is 0 Å². The van der Waals surface area contributed by atoms with Crippen molar-refractivity contribution in [3.8, 4) is 0 Å². The second kappa shape index (κ2) is 9.01. The minimum Gasteiger partial charge on any atom is -0.412 e. The molecule has 0 saturated carbocycles. The topological polar surface area (TPSA) is 66.4 Å². The van der Waals surface area contributed by atoms with Crippen LogP contribution in [0, 0.1) is 0 Å². The van der Waals surface area contributed by atoms with Crippen molar-refractivity contribution in [1.29, 1.82) is 0 Å². The first-order valence-electron chi connectivity index (χ1n) is 10.2. The van der Waals surface area contributed by atoms with Gasteiger partial charge in [0.15, 0.2) is 33.3 Å². The van der Waals surface area contributed by atoms with Crippen LogP contribution in [0.5, 0.6) is 0 Å². The smallest absolute Gasteiger partial charge is 0.216 e. The van der Waals surface area contributed by atoms with Crippen LogP contribution in [0.15, 0.2) is 0 Å². The summed E-state index contributed by atoms with van der Waals surface area (Å²) in [5.41, 5.74) is 0. The summed E-state index contributed by atoms with van der Waals surface area (Å²) in [4.78, 5) is 0. The summed E-state index contributed by atoms with van der Waals surface area (Å²) in [6.07, 6.45) is -1.28. The average Bonchev–Trinajstić information content (AvgIpc) is 2.40. The molecule has 0 aliphatic carbocycles. The van der Waals surface area contributed by atoms with Gasteiger partial charge in [0.1, 0.15) is 12.2 Å². The summed E-state index contributed by atoms with van der Waals surface area (Å²) in [6, 6.07) is 0. The molecule has 0 aromatic carbocycles. The van der Waals surface area contributed by atoms with Gasteiger partial charge < -0.3 is 27.5 Å². The fourth-order valence-corrected chi connectivity index (χ4v) is 6.86. The van der Waals surface area contributed by atoms with Gasteiger partial charge in [-0.15, -0.1) is 0 Å². The molecule has 1 heterocycles. The van der Waals surface area contributed by atoms with Crippen LogP contribution in [-0.2, 0) is 22.4 Å². The van der Waals surface area contributed by atoms with Gasteiger partial charge >= 0.3 is 0 Å². The van der Waals surface area contributed by atoms with E-state index in [9.17, 15) is 5.11 Å². The van der Waals surface area contributed by atoms with Crippen LogP contribution < -0.4 is 0 Å². The van der Waals surface area contributed by atoms with Crippen molar-refractivity contribution in [2.45, 2.75) is 103 Å². The first-order valence-corrected chi connectivity index (χ1v) is 23.9. The molecule has 1 fully saturated rings. The van der Waals surface area contributed by atoms with Gasteiger partial charge in [0.2, 0.25) is 5.79 Å². The standard InChI is InChI=1S/C18H44O6Si4/c1-25(2,3)21-14-18(19)17(24-28(10,11)12)16(23-27(7,8)9)15(13-20-18)22-26(4,5)6/h15-17,19H,13-14H2,1-12H3/t15-,16-,17+,18-/m1/s1. The first-order chi connectivity index (χ1) is 12.2. The van der Waals surface area contributed by atoms with Crippen LogP contribution in [0.2, 0.25) is 78.6 Å². The van der Waals surface area contributed by atoms with E-state index in [1.165, 1.54) is 0 Å². The average molecular weight is 469 g/mol. The maximum absolute atomic E-state index is 11.5. The van der Waals surface area contributed by atoms with E-state index in [1.54, 1.807) is 0 Å². The number of hydrogen-bond donors (Lipinski definition) is 1. The Labute approximate surface area is 176 Å². The molecule has 1 N–H and O–H groups in total. The fraction of sp³-hybridized carbons (Fsp3) is 1.00. The lowest BCUT2D eigenvalue weighted by Crippen LogP contribution is -2.69. The summed E-state index contributed by atoms with van der Waals surface area (Å²) < 4.78 is 31.6. The molecule has 1 aliphatic heterocycles. The molecule has 28 heavy (non-hydrogen) atoms. The van der Waals surface area contributed by atoms with Crippen LogP contribution in [-0.4, -0.2) is 75.7 Å². The minimum absolute atomic E-state index is 0.0864. The first kappa shape index (κ1) is 26.7. The largest absolute Gasteiger partial charge is 0.412 e. The van der Waals surface area contributed by atoms with E-state index >= 15 is 0 Å². The van der Waals surface area contributed by atoms with Crippen molar-refractivity contribution in [1.82, 2.24) is 0 Å². The lowest BCUT2D eigenvalue weighted by molar-refractivity contribution is -0.320. The van der Waals surface area contributed by atoms with Gasteiger partial charge in [-0.2, -0.15) is 0 Å². The van der Waals surface area contributed by atoms with E-state index in [1.807, 2.05) is 0 Å². The molecule has 168 valence electrons. The highest BCUT2D eigenvalue weighted by Gasteiger charge is 2.55. The Kier molecular flexibility index (Phi) is 8.58. The Balaban J connectivity index is 3.29. The quantitative estimate of drug-likeness (QED) is 0.511. The summed E-state index contributed by atoms with van der Waals surface area (Å²) in [7, 11) is -7.62. The number of hydrogen-bond acceptors (Lipinski definition) is 6. The van der Waals surface area contributed by atoms with Gasteiger partial charge in [0.05, 0.1) is 19.3 Å². The molecular formula is C18H44O6Si4. The van der Waals surface area contributed by atoms with Crippen molar-refractivity contribution in [2.75, 3.05) is 13.2 Å². The third-order valence-corrected chi connectivity index (χ3v) is 7.75. The van der Waals surface area contributed by atoms with Crippen molar-refractivity contribution in [3.63, 3.8) is 0 Å². The summed E-state index contributed by atoms with van der Waals surface area (Å²) >= 11 is 0. The molecule has 0 radical (unpaired) electrons. The normalized spacial score (nSPS) is 30.5. The third-order valence-electron chi connectivity index (χ3n) is 3.79. The van der Waals surface area contributed by atoms with Crippen LogP contribution in [0.3, 0.4) is 0 Å². The van der Waals surface area contributed by atoms with Gasteiger partial charge in [-0.1, -0.05) is 0 Å². The monoisotopic (exact) mass is 468 g/mol. The van der Waals surface area contributed by atoms with E-state index < -0.39 is 45.2 Å². The van der Waals surface area contributed by atoms with Gasteiger partial charge in [0.25, 0.3) is 0 Å². The third kappa shape index (κ3) is 9.62. The molecule has 1 aliphatic rings. The molecule has 0 amide bonds. The summed E-state index contributed by atoms with van der Waals surface area (Å²) in [5, 5.41) is 11.5. The van der Waals surface area contributed by atoms with Gasteiger partial charge in [-0.3, -0.25) is 0 Å². The second-order valence-corrected chi connectivity index (χ2v) is 29.6. The lowest BCUT2D eigenvalue weighted by atomic mass is 9.97. The van der Waals surface area contributed by atoms with Crippen molar-refractivity contribution in [3.05, 3.63) is 0 Å². The molecule has 4 atom stereocenters. The molecule has 1 saturated heterocycles. The number of aliphatic hydroxyl groups is 1. The van der Waals surface area contributed by atoms with Crippen molar-refractivity contribution in [2.24, 2.45) is 0 Å². The molecule has 0 unspecified atom stereocenters. The maximum Gasteiger partial charge on any atom is 0.216 e. The van der Waals surface area contributed by atoms with Crippen molar-refractivity contribution >= 4 is 33.3 Å². The fourth-order valence-electron chi connectivity index (χ4n) is 2.94. The molecule has 1 rings (SSSR count). The Morgan fingerprint density at radius 1 is 0.750 bits per heavy atom. The zero-order valence-electron chi connectivity index (χ0n) is 20.1. The van der Waals surface area contributed by atoms with Crippen LogP contribution in [0.25, 0.3) is 0 Å². The maximum atomic E-state index is 11.5. The lowest BCUT2D eigenvalue weighted by Gasteiger charge is -2.51. The highest BCUT2D eigenvalue weighted by molar-refractivity contribution is 6.71. The number of rotatable bonds is 9. The molecular weight excluding hydrogens is 425 g/mol. The molecule has 6 nitrogen and oxygen atoms in total. The second-order valence-electron chi connectivity index (χ2n) is 11.7. The predicted molar refractivity (Wildman–Crippen MR) is 125 cm³/mol. The minimum atomic E-state index is -2.01. The van der Waals surface area contributed by atoms with Gasteiger partial charge in [-0.25, -0.2) is 0 Å². The van der Waals surface area contributed by atoms with E-state index in [4.69, 9.17) is 22.4 Å². The van der Waals surface area contributed by atoms with Crippen LogP contribution in [0.1, 0.15) is 0 Å². The van der Waals surface area contributed by atoms with Crippen LogP contribution in [0.4, 0.5) is 0 Å². The Hall–Kier alpha value is 0.628. The van der Waals surface area contributed by atoms with E-state index in [-0.39, 0.29) is 25.4 Å². The highest BCUT2D eigenvalue weighted by Crippen LogP contribution is 2.35.